The number of carbonyl (C=O) groups excluding carboxylic acids is 1. The van der Waals surface area contributed by atoms with Gasteiger partial charge in [-0.05, 0) is 25.7 Å². The lowest BCUT2D eigenvalue weighted by Gasteiger charge is -2.36. The number of hydrogen-bond donors (Lipinski definition) is 0. The fourth-order valence-corrected chi connectivity index (χ4v) is 3.01. The van der Waals surface area contributed by atoms with E-state index in [0.29, 0.717) is 12.6 Å². The molecule has 0 atom stereocenters. The molecule has 3 heteroatoms. The molecule has 0 aromatic carbocycles. The monoisotopic (exact) mass is 236 g/mol. The average molecular weight is 236 g/mol. The van der Waals surface area contributed by atoms with Gasteiger partial charge in [-0.3, -0.25) is 0 Å². The van der Waals surface area contributed by atoms with Crippen molar-refractivity contribution in [3.05, 3.63) is 12.7 Å². The third-order valence-corrected chi connectivity index (χ3v) is 3.96. The fourth-order valence-electron chi connectivity index (χ4n) is 3.01. The molecular formula is C14H24N2O. The number of urea groups is 1. The van der Waals surface area contributed by atoms with Gasteiger partial charge in [0.2, 0.25) is 0 Å². The van der Waals surface area contributed by atoms with Gasteiger partial charge in [-0.25, -0.2) is 4.79 Å². The summed E-state index contributed by atoms with van der Waals surface area (Å²) in [5.74, 6) is 0. The first-order valence-corrected chi connectivity index (χ1v) is 6.99. The van der Waals surface area contributed by atoms with Crippen molar-refractivity contribution in [1.82, 2.24) is 9.80 Å². The molecule has 17 heavy (non-hydrogen) atoms. The molecule has 1 aliphatic carbocycles. The highest BCUT2D eigenvalue weighted by Crippen LogP contribution is 2.24. The highest BCUT2D eigenvalue weighted by molar-refractivity contribution is 5.75. The van der Waals surface area contributed by atoms with Crippen LogP contribution in [0.15, 0.2) is 12.7 Å². The summed E-state index contributed by atoms with van der Waals surface area (Å²) in [6.45, 7) is 6.39. The number of hydrogen-bond acceptors (Lipinski definition) is 1. The molecule has 96 valence electrons. The lowest BCUT2D eigenvalue weighted by molar-refractivity contribution is 0.134. The maximum absolute atomic E-state index is 12.4. The molecule has 0 aromatic rings. The molecular weight excluding hydrogens is 212 g/mol. The number of amides is 2. The zero-order valence-corrected chi connectivity index (χ0v) is 10.7. The minimum atomic E-state index is 0.245. The average Bonchev–Trinajstić information content (AvgIpc) is 2.90. The second-order valence-electron chi connectivity index (χ2n) is 5.21. The van der Waals surface area contributed by atoms with Gasteiger partial charge in [-0.1, -0.05) is 25.3 Å². The first-order valence-electron chi connectivity index (χ1n) is 6.99. The second kappa shape index (κ2) is 6.08. The normalized spacial score (nSPS) is 21.5. The Bertz CT molecular complexity index is 265. The first kappa shape index (κ1) is 12.5. The standard InChI is InChI=1S/C14H24N2O/c1-2-10-16(13-8-4-3-5-9-13)14(17)15-11-6-7-12-15/h2,13H,1,3-12H2. The van der Waals surface area contributed by atoms with Crippen LogP contribution in [0, 0.1) is 0 Å². The summed E-state index contributed by atoms with van der Waals surface area (Å²) < 4.78 is 0. The summed E-state index contributed by atoms with van der Waals surface area (Å²) in [5, 5.41) is 0. The predicted molar refractivity (Wildman–Crippen MR) is 70.0 cm³/mol. The van der Waals surface area contributed by atoms with Crippen LogP contribution in [0.3, 0.4) is 0 Å². The smallest absolute Gasteiger partial charge is 0.320 e. The quantitative estimate of drug-likeness (QED) is 0.691. The molecule has 0 radical (unpaired) electrons. The van der Waals surface area contributed by atoms with E-state index in [9.17, 15) is 4.79 Å². The molecule has 2 amide bonds. The van der Waals surface area contributed by atoms with Crippen LogP contribution in [0.2, 0.25) is 0 Å². The predicted octanol–water partition coefficient (Wildman–Crippen LogP) is 3.02. The van der Waals surface area contributed by atoms with Gasteiger partial charge in [-0.15, -0.1) is 6.58 Å². The second-order valence-corrected chi connectivity index (χ2v) is 5.21. The van der Waals surface area contributed by atoms with Crippen molar-refractivity contribution in [3.63, 3.8) is 0 Å². The number of rotatable bonds is 3. The van der Waals surface area contributed by atoms with Crippen LogP contribution < -0.4 is 0 Å². The van der Waals surface area contributed by atoms with Crippen molar-refractivity contribution in [1.29, 1.82) is 0 Å². The Morgan fingerprint density at radius 2 is 1.82 bits per heavy atom. The van der Waals surface area contributed by atoms with E-state index in [1.807, 2.05) is 11.0 Å². The van der Waals surface area contributed by atoms with E-state index in [2.05, 4.69) is 11.5 Å². The minimum absolute atomic E-state index is 0.245. The maximum Gasteiger partial charge on any atom is 0.320 e. The summed E-state index contributed by atoms with van der Waals surface area (Å²) in [5.41, 5.74) is 0. The Morgan fingerprint density at radius 3 is 2.41 bits per heavy atom. The van der Waals surface area contributed by atoms with Crippen LogP contribution in [0.25, 0.3) is 0 Å². The van der Waals surface area contributed by atoms with Crippen molar-refractivity contribution in [2.24, 2.45) is 0 Å². The molecule has 3 nitrogen and oxygen atoms in total. The van der Waals surface area contributed by atoms with Crippen LogP contribution in [0.4, 0.5) is 4.79 Å². The van der Waals surface area contributed by atoms with E-state index in [-0.39, 0.29) is 6.03 Å². The van der Waals surface area contributed by atoms with Crippen molar-refractivity contribution in [3.8, 4) is 0 Å². The van der Waals surface area contributed by atoms with Crippen molar-refractivity contribution in [2.45, 2.75) is 51.0 Å². The highest BCUT2D eigenvalue weighted by atomic mass is 16.2. The third kappa shape index (κ3) is 3.02. The van der Waals surface area contributed by atoms with Crippen LogP contribution in [-0.4, -0.2) is 41.5 Å². The third-order valence-electron chi connectivity index (χ3n) is 3.96. The highest BCUT2D eigenvalue weighted by Gasteiger charge is 2.29. The first-order chi connectivity index (χ1) is 8.33. The van der Waals surface area contributed by atoms with Gasteiger partial charge >= 0.3 is 6.03 Å². The van der Waals surface area contributed by atoms with Crippen molar-refractivity contribution < 1.29 is 4.79 Å². The summed E-state index contributed by atoms with van der Waals surface area (Å²) in [4.78, 5) is 16.5. The number of nitrogens with zero attached hydrogens (tertiary/aromatic N) is 2. The summed E-state index contributed by atoms with van der Waals surface area (Å²) in [6, 6.07) is 0.698. The molecule has 1 saturated heterocycles. The molecule has 1 aliphatic heterocycles. The van der Waals surface area contributed by atoms with Gasteiger partial charge in [0.1, 0.15) is 0 Å². The van der Waals surface area contributed by atoms with Gasteiger partial charge in [0.05, 0.1) is 0 Å². The lowest BCUT2D eigenvalue weighted by atomic mass is 9.94. The molecule has 0 spiro atoms. The fraction of sp³-hybridized carbons (Fsp3) is 0.786. The lowest BCUT2D eigenvalue weighted by Crippen LogP contribution is -2.48. The maximum atomic E-state index is 12.4. The summed E-state index contributed by atoms with van der Waals surface area (Å²) in [7, 11) is 0. The van der Waals surface area contributed by atoms with E-state index >= 15 is 0 Å². The van der Waals surface area contributed by atoms with E-state index in [4.69, 9.17) is 0 Å². The topological polar surface area (TPSA) is 23.6 Å². The van der Waals surface area contributed by atoms with E-state index in [1.54, 1.807) is 0 Å². The summed E-state index contributed by atoms with van der Waals surface area (Å²) >= 11 is 0. The van der Waals surface area contributed by atoms with Crippen molar-refractivity contribution >= 4 is 6.03 Å². The zero-order chi connectivity index (χ0) is 12.1. The molecule has 2 fully saturated rings. The molecule has 1 heterocycles. The zero-order valence-electron chi connectivity index (χ0n) is 10.7. The Labute approximate surface area is 104 Å². The number of likely N-dealkylation sites (tertiary alicyclic amines) is 1. The van der Waals surface area contributed by atoms with Crippen LogP contribution >= 0.6 is 0 Å². The largest absolute Gasteiger partial charge is 0.325 e. The van der Waals surface area contributed by atoms with Crippen LogP contribution in [-0.2, 0) is 0 Å². The molecule has 1 saturated carbocycles. The Balaban J connectivity index is 1.98. The Kier molecular flexibility index (Phi) is 4.46. The minimum Gasteiger partial charge on any atom is -0.325 e. The SMILES string of the molecule is C=CCN(C(=O)N1CCCC1)C1CCCCC1. The van der Waals surface area contributed by atoms with E-state index < -0.39 is 0 Å². The van der Waals surface area contributed by atoms with Crippen molar-refractivity contribution in [2.75, 3.05) is 19.6 Å². The molecule has 2 rings (SSSR count). The van der Waals surface area contributed by atoms with Gasteiger partial charge in [0.15, 0.2) is 0 Å². The molecule has 2 aliphatic rings. The molecule has 0 aromatic heterocycles. The van der Waals surface area contributed by atoms with Gasteiger partial charge in [0, 0.05) is 25.7 Å². The molecule has 0 unspecified atom stereocenters. The van der Waals surface area contributed by atoms with Gasteiger partial charge in [0.25, 0.3) is 0 Å². The van der Waals surface area contributed by atoms with Gasteiger partial charge < -0.3 is 9.80 Å². The van der Waals surface area contributed by atoms with E-state index in [0.717, 1.165) is 13.1 Å². The molecule has 0 bridgehead atoms. The number of carbonyl (C=O) groups is 1. The van der Waals surface area contributed by atoms with Crippen LogP contribution in [0.1, 0.15) is 44.9 Å². The molecule has 0 N–H and O–H groups in total. The Hall–Kier alpha value is -0.990. The Morgan fingerprint density at radius 1 is 1.18 bits per heavy atom. The summed E-state index contributed by atoms with van der Waals surface area (Å²) in [6.07, 6.45) is 10.4. The van der Waals surface area contributed by atoms with Gasteiger partial charge in [-0.2, -0.15) is 0 Å². The van der Waals surface area contributed by atoms with Crippen LogP contribution in [0.5, 0.6) is 0 Å². The van der Waals surface area contributed by atoms with E-state index in [1.165, 1.54) is 44.9 Å².